The summed E-state index contributed by atoms with van der Waals surface area (Å²) in [5.74, 6) is 0.294. The number of hydrogen-bond donors (Lipinski definition) is 1. The van der Waals surface area contributed by atoms with Gasteiger partial charge in [-0.1, -0.05) is 37.3 Å². The van der Waals surface area contributed by atoms with Crippen LogP contribution in [-0.4, -0.2) is 40.0 Å². The molecular weight excluding hydrogens is 378 g/mol. The predicted molar refractivity (Wildman–Crippen MR) is 117 cm³/mol. The molecule has 29 heavy (non-hydrogen) atoms. The van der Waals surface area contributed by atoms with Gasteiger partial charge in [-0.05, 0) is 51.5 Å². The van der Waals surface area contributed by atoms with Crippen LogP contribution >= 0.6 is 11.3 Å². The number of rotatable bonds is 4. The van der Waals surface area contributed by atoms with Crippen molar-refractivity contribution in [3.8, 4) is 0 Å². The standard InChI is InChI=1S/C24H31N3OS/c1-15-20(29-16(2)25-15)13-23(28)27-19(12-17-8-5-4-6-9-17)18-14-24(3)21(26-18)10-7-11-22(24)27/h4-6,8-9,18-19,21-22,26H,7,10-14H2,1-3H3/t18-,19-,21-,22+,24-/m0/s1. The Morgan fingerprint density at radius 3 is 2.79 bits per heavy atom. The first kappa shape index (κ1) is 19.3. The highest BCUT2D eigenvalue weighted by Gasteiger charge is 2.60. The quantitative estimate of drug-likeness (QED) is 0.829. The van der Waals surface area contributed by atoms with E-state index in [2.05, 4.69) is 52.5 Å². The van der Waals surface area contributed by atoms with E-state index in [1.54, 1.807) is 11.3 Å². The smallest absolute Gasteiger partial charge is 0.228 e. The van der Waals surface area contributed by atoms with Gasteiger partial charge in [0, 0.05) is 28.4 Å². The molecule has 0 spiro atoms. The number of piperidine rings is 1. The van der Waals surface area contributed by atoms with E-state index >= 15 is 0 Å². The summed E-state index contributed by atoms with van der Waals surface area (Å²) in [6.45, 7) is 6.49. The lowest BCUT2D eigenvalue weighted by atomic mass is 9.64. The average Bonchev–Trinajstić information content (AvgIpc) is 3.20. The number of aryl methyl sites for hydroxylation is 2. The number of nitrogens with zero attached hydrogens (tertiary/aromatic N) is 2. The molecule has 5 atom stereocenters. The Labute approximate surface area is 177 Å². The monoisotopic (exact) mass is 409 g/mol. The fourth-order valence-electron chi connectivity index (χ4n) is 6.30. The van der Waals surface area contributed by atoms with E-state index in [-0.39, 0.29) is 11.5 Å². The summed E-state index contributed by atoms with van der Waals surface area (Å²) in [6, 6.07) is 12.2. The molecule has 5 heteroatoms. The largest absolute Gasteiger partial charge is 0.334 e. The van der Waals surface area contributed by atoms with Crippen molar-refractivity contribution in [1.82, 2.24) is 15.2 Å². The number of amides is 1. The molecule has 2 aliphatic heterocycles. The Morgan fingerprint density at radius 1 is 1.28 bits per heavy atom. The maximum Gasteiger partial charge on any atom is 0.228 e. The Bertz CT molecular complexity index is 910. The van der Waals surface area contributed by atoms with Gasteiger partial charge in [-0.25, -0.2) is 4.98 Å². The second kappa shape index (κ2) is 7.21. The fraction of sp³-hybridized carbons (Fsp3) is 0.583. The molecule has 1 aliphatic carbocycles. The summed E-state index contributed by atoms with van der Waals surface area (Å²) in [4.78, 5) is 21.8. The molecule has 3 heterocycles. The van der Waals surface area contributed by atoms with Crippen LogP contribution in [0.2, 0.25) is 0 Å². The van der Waals surface area contributed by atoms with Crippen molar-refractivity contribution in [3.05, 3.63) is 51.5 Å². The second-order valence-electron chi connectivity index (χ2n) is 9.46. The summed E-state index contributed by atoms with van der Waals surface area (Å²) < 4.78 is 0. The van der Waals surface area contributed by atoms with Gasteiger partial charge in [0.25, 0.3) is 0 Å². The zero-order chi connectivity index (χ0) is 20.2. The average molecular weight is 410 g/mol. The van der Waals surface area contributed by atoms with Crippen LogP contribution in [0.3, 0.4) is 0 Å². The number of carbonyl (C=O) groups is 1. The molecule has 3 fully saturated rings. The number of fused-ring (bicyclic) bond motifs is 1. The summed E-state index contributed by atoms with van der Waals surface area (Å²) in [5.41, 5.74) is 2.56. The van der Waals surface area contributed by atoms with Crippen LogP contribution in [0.15, 0.2) is 30.3 Å². The zero-order valence-corrected chi connectivity index (χ0v) is 18.5. The van der Waals surface area contributed by atoms with Crippen molar-refractivity contribution in [2.75, 3.05) is 0 Å². The summed E-state index contributed by atoms with van der Waals surface area (Å²) >= 11 is 1.68. The number of nitrogens with one attached hydrogen (secondary N) is 1. The van der Waals surface area contributed by atoms with Gasteiger partial charge in [0.05, 0.1) is 23.2 Å². The first-order chi connectivity index (χ1) is 14.0. The first-order valence-electron chi connectivity index (χ1n) is 11.0. The van der Waals surface area contributed by atoms with Crippen LogP contribution in [0.4, 0.5) is 0 Å². The number of benzene rings is 1. The van der Waals surface area contributed by atoms with E-state index in [1.165, 1.54) is 24.8 Å². The minimum absolute atomic E-state index is 0.213. The molecule has 0 unspecified atom stereocenters. The maximum atomic E-state index is 13.8. The molecule has 1 N–H and O–H groups in total. The van der Waals surface area contributed by atoms with E-state index in [4.69, 9.17) is 0 Å². The number of thiazole rings is 1. The van der Waals surface area contributed by atoms with Gasteiger partial charge >= 0.3 is 0 Å². The Morgan fingerprint density at radius 2 is 2.07 bits per heavy atom. The van der Waals surface area contributed by atoms with Crippen molar-refractivity contribution in [2.24, 2.45) is 5.41 Å². The van der Waals surface area contributed by atoms with E-state index in [9.17, 15) is 4.79 Å². The predicted octanol–water partition coefficient (Wildman–Crippen LogP) is 4.05. The fourth-order valence-corrected chi connectivity index (χ4v) is 7.23. The van der Waals surface area contributed by atoms with Gasteiger partial charge in [0.15, 0.2) is 0 Å². The van der Waals surface area contributed by atoms with Gasteiger partial charge in [0.2, 0.25) is 5.91 Å². The molecule has 1 aromatic carbocycles. The second-order valence-corrected chi connectivity index (χ2v) is 10.7. The third-order valence-corrected chi connectivity index (χ3v) is 8.72. The Hall–Kier alpha value is -1.72. The lowest BCUT2D eigenvalue weighted by molar-refractivity contribution is -0.143. The molecular formula is C24H31N3OS. The lowest BCUT2D eigenvalue weighted by Crippen LogP contribution is -2.62. The van der Waals surface area contributed by atoms with Crippen LogP contribution in [0.25, 0.3) is 0 Å². The van der Waals surface area contributed by atoms with Crippen LogP contribution in [0.1, 0.15) is 53.7 Å². The van der Waals surface area contributed by atoms with Crippen LogP contribution in [0, 0.1) is 19.3 Å². The molecule has 154 valence electrons. The molecule has 5 rings (SSSR count). The topological polar surface area (TPSA) is 45.2 Å². The summed E-state index contributed by atoms with van der Waals surface area (Å²) in [6.07, 6.45) is 6.22. The number of likely N-dealkylation sites (tertiary alicyclic amines) is 1. The van der Waals surface area contributed by atoms with E-state index < -0.39 is 0 Å². The number of carbonyl (C=O) groups excluding carboxylic acids is 1. The van der Waals surface area contributed by atoms with Gasteiger partial charge < -0.3 is 10.2 Å². The van der Waals surface area contributed by atoms with Gasteiger partial charge in [-0.15, -0.1) is 11.3 Å². The van der Waals surface area contributed by atoms with E-state index in [0.29, 0.717) is 30.5 Å². The van der Waals surface area contributed by atoms with Crippen molar-refractivity contribution < 1.29 is 4.79 Å². The lowest BCUT2D eigenvalue weighted by Gasteiger charge is -2.53. The van der Waals surface area contributed by atoms with Crippen molar-refractivity contribution in [2.45, 2.75) is 83.5 Å². The van der Waals surface area contributed by atoms with Crippen molar-refractivity contribution in [1.29, 1.82) is 0 Å². The Kier molecular flexibility index (Phi) is 4.78. The van der Waals surface area contributed by atoms with E-state index in [0.717, 1.165) is 28.4 Å². The Balaban J connectivity index is 1.49. The molecule has 2 aromatic rings. The van der Waals surface area contributed by atoms with Crippen molar-refractivity contribution in [3.63, 3.8) is 0 Å². The molecule has 2 saturated heterocycles. The minimum Gasteiger partial charge on any atom is -0.334 e. The summed E-state index contributed by atoms with van der Waals surface area (Å²) in [5, 5.41) is 5.01. The molecule has 4 nitrogen and oxygen atoms in total. The molecule has 1 amide bonds. The van der Waals surface area contributed by atoms with Crippen LogP contribution in [0.5, 0.6) is 0 Å². The molecule has 1 aromatic heterocycles. The highest BCUT2D eigenvalue weighted by molar-refractivity contribution is 7.11. The van der Waals surface area contributed by atoms with E-state index in [1.807, 2.05) is 13.8 Å². The number of hydrogen-bond acceptors (Lipinski definition) is 4. The third-order valence-electron chi connectivity index (χ3n) is 7.65. The zero-order valence-electron chi connectivity index (χ0n) is 17.6. The van der Waals surface area contributed by atoms with Crippen molar-refractivity contribution >= 4 is 17.2 Å². The summed E-state index contributed by atoms with van der Waals surface area (Å²) in [7, 11) is 0. The highest BCUT2D eigenvalue weighted by Crippen LogP contribution is 2.52. The molecule has 1 saturated carbocycles. The number of aromatic nitrogens is 1. The SMILES string of the molecule is Cc1nc(C)c(CC(=O)N2[C@@H](Cc3ccccc3)[C@@H]3C[C@@]4(C)[C@H](CCC[C@@H]24)N3)s1. The third kappa shape index (κ3) is 3.23. The minimum atomic E-state index is 0.213. The molecule has 0 radical (unpaired) electrons. The van der Waals surface area contributed by atoms with Gasteiger partial charge in [0.1, 0.15) is 0 Å². The van der Waals surface area contributed by atoms with Gasteiger partial charge in [-0.2, -0.15) is 0 Å². The van der Waals surface area contributed by atoms with Crippen LogP contribution in [-0.2, 0) is 17.6 Å². The normalized spacial score (nSPS) is 33.1. The van der Waals surface area contributed by atoms with Crippen LogP contribution < -0.4 is 5.32 Å². The molecule has 3 aliphatic rings. The maximum absolute atomic E-state index is 13.8. The first-order valence-corrected chi connectivity index (χ1v) is 11.8. The molecule has 2 bridgehead atoms. The highest BCUT2D eigenvalue weighted by atomic mass is 32.1. The van der Waals surface area contributed by atoms with Gasteiger partial charge in [-0.3, -0.25) is 4.79 Å².